The van der Waals surface area contributed by atoms with Crippen LogP contribution in [0, 0.1) is 6.92 Å². The molecule has 0 fully saturated rings. The van der Waals surface area contributed by atoms with Crippen LogP contribution in [-0.2, 0) is 0 Å². The van der Waals surface area contributed by atoms with Crippen LogP contribution in [-0.4, -0.2) is 26.7 Å². The van der Waals surface area contributed by atoms with Gasteiger partial charge in [-0.15, -0.1) is 0 Å². The van der Waals surface area contributed by atoms with E-state index in [0.717, 1.165) is 0 Å². The molecule has 0 saturated carbocycles. The van der Waals surface area contributed by atoms with Crippen molar-refractivity contribution < 1.29 is 15.0 Å². The fraction of sp³-hybridized carbons (Fsp3) is 0.0588. The van der Waals surface area contributed by atoms with Crippen molar-refractivity contribution in [3.8, 4) is 11.6 Å². The number of nitrogens with zero attached hydrogens (tertiary/aromatic N) is 1. The monoisotopic (exact) mass is 292 g/mol. The number of aromatic amines is 1. The minimum Gasteiger partial charge on any atom is -0.508 e. The highest BCUT2D eigenvalue weighted by molar-refractivity contribution is 6.56. The number of nitrogens with one attached hydrogen (secondary N) is 1. The smallest absolute Gasteiger partial charge is 0.214 e. The Bertz CT molecular complexity index is 983. The molecule has 3 N–H and O–H groups in total. The first-order valence-corrected chi connectivity index (χ1v) is 6.83. The summed E-state index contributed by atoms with van der Waals surface area (Å²) in [7, 11) is 0. The number of carbonyl (C=O) groups excluding carboxylic acids is 1. The number of aromatic nitrogens is 1. The van der Waals surface area contributed by atoms with Crippen LogP contribution in [0.4, 0.5) is 5.69 Å². The average molecular weight is 292 g/mol. The number of Topliss-reactive ketones (excluding diaryl/α,β-unsaturated/α-hetero) is 1. The third kappa shape index (κ3) is 1.59. The molecular weight excluding hydrogens is 280 g/mol. The molecular formula is C17H12N2O3. The standard InChI is InChI=1S/C17H12N2O3/c1-8-6-10-12(7-13(8)20)19-17(22)14(10)15-16(21)9-4-2-3-5-11(9)18-15/h2-7,19-20,22H,1H3. The molecule has 5 nitrogen and oxygen atoms in total. The van der Waals surface area contributed by atoms with Gasteiger partial charge in [0.25, 0.3) is 0 Å². The molecule has 2 heterocycles. The van der Waals surface area contributed by atoms with Gasteiger partial charge in [-0.3, -0.25) is 4.79 Å². The van der Waals surface area contributed by atoms with E-state index in [9.17, 15) is 15.0 Å². The van der Waals surface area contributed by atoms with Gasteiger partial charge in [-0.25, -0.2) is 4.99 Å². The third-order valence-corrected chi connectivity index (χ3v) is 3.93. The van der Waals surface area contributed by atoms with Gasteiger partial charge in [-0.05, 0) is 30.7 Å². The van der Waals surface area contributed by atoms with Gasteiger partial charge in [0, 0.05) is 17.0 Å². The molecule has 2 aromatic carbocycles. The summed E-state index contributed by atoms with van der Waals surface area (Å²) in [6, 6.07) is 10.3. The molecule has 0 saturated heterocycles. The zero-order chi connectivity index (χ0) is 15.4. The lowest BCUT2D eigenvalue weighted by molar-refractivity contribution is 0.107. The number of carbonyl (C=O) groups is 1. The Labute approximate surface area is 125 Å². The number of aliphatic imine (C=N–C) groups is 1. The van der Waals surface area contributed by atoms with Crippen LogP contribution in [0.25, 0.3) is 10.9 Å². The summed E-state index contributed by atoms with van der Waals surface area (Å²) in [6.07, 6.45) is 0. The lowest BCUT2D eigenvalue weighted by Crippen LogP contribution is -2.10. The quantitative estimate of drug-likeness (QED) is 0.643. The number of para-hydroxylation sites is 1. The van der Waals surface area contributed by atoms with Gasteiger partial charge in [-0.1, -0.05) is 12.1 Å². The zero-order valence-corrected chi connectivity index (χ0v) is 11.7. The van der Waals surface area contributed by atoms with E-state index in [1.165, 1.54) is 6.07 Å². The second-order valence-electron chi connectivity index (χ2n) is 5.34. The molecule has 0 radical (unpaired) electrons. The maximum atomic E-state index is 12.5. The lowest BCUT2D eigenvalue weighted by atomic mass is 10.0. The van der Waals surface area contributed by atoms with E-state index in [1.807, 2.05) is 6.07 Å². The fourth-order valence-corrected chi connectivity index (χ4v) is 2.80. The van der Waals surface area contributed by atoms with E-state index in [4.69, 9.17) is 0 Å². The molecule has 4 rings (SSSR count). The topological polar surface area (TPSA) is 85.7 Å². The molecule has 3 aromatic rings. The summed E-state index contributed by atoms with van der Waals surface area (Å²) in [4.78, 5) is 19.7. The minimum atomic E-state index is -0.211. The van der Waals surface area contributed by atoms with E-state index in [0.29, 0.717) is 33.3 Å². The number of hydrogen-bond acceptors (Lipinski definition) is 4. The van der Waals surface area contributed by atoms with Crippen molar-refractivity contribution in [2.24, 2.45) is 4.99 Å². The molecule has 1 aliphatic heterocycles. The normalized spacial score (nSPS) is 13.5. The Morgan fingerprint density at radius 2 is 1.91 bits per heavy atom. The Hall–Kier alpha value is -3.08. The van der Waals surface area contributed by atoms with Gasteiger partial charge in [0.15, 0.2) is 5.88 Å². The van der Waals surface area contributed by atoms with Crippen LogP contribution in [0.5, 0.6) is 11.6 Å². The lowest BCUT2D eigenvalue weighted by Gasteiger charge is -2.01. The number of fused-ring (bicyclic) bond motifs is 2. The third-order valence-electron chi connectivity index (χ3n) is 3.93. The minimum absolute atomic E-state index is 0.125. The van der Waals surface area contributed by atoms with Crippen molar-refractivity contribution in [2.45, 2.75) is 6.92 Å². The fourth-order valence-electron chi connectivity index (χ4n) is 2.80. The van der Waals surface area contributed by atoms with E-state index in [2.05, 4.69) is 9.98 Å². The predicted molar refractivity (Wildman–Crippen MR) is 83.3 cm³/mol. The highest BCUT2D eigenvalue weighted by Gasteiger charge is 2.30. The Morgan fingerprint density at radius 1 is 1.14 bits per heavy atom. The first kappa shape index (κ1) is 12.6. The number of aromatic hydroxyl groups is 2. The van der Waals surface area contributed by atoms with Gasteiger partial charge >= 0.3 is 0 Å². The number of rotatable bonds is 1. The number of phenols is 1. The van der Waals surface area contributed by atoms with E-state index < -0.39 is 0 Å². The number of hydrogen-bond donors (Lipinski definition) is 3. The highest BCUT2D eigenvalue weighted by atomic mass is 16.3. The maximum absolute atomic E-state index is 12.5. The second-order valence-corrected chi connectivity index (χ2v) is 5.34. The highest BCUT2D eigenvalue weighted by Crippen LogP contribution is 2.36. The molecule has 0 unspecified atom stereocenters. The predicted octanol–water partition coefficient (Wildman–Crippen LogP) is 3.20. The Kier molecular flexibility index (Phi) is 2.42. The van der Waals surface area contributed by atoms with Crippen molar-refractivity contribution in [3.63, 3.8) is 0 Å². The first-order valence-electron chi connectivity index (χ1n) is 6.83. The zero-order valence-electron chi connectivity index (χ0n) is 11.7. The van der Waals surface area contributed by atoms with Crippen LogP contribution < -0.4 is 0 Å². The molecule has 0 aliphatic carbocycles. The van der Waals surface area contributed by atoms with Gasteiger partial charge in [0.1, 0.15) is 11.5 Å². The van der Waals surface area contributed by atoms with Crippen molar-refractivity contribution in [3.05, 3.63) is 53.1 Å². The molecule has 0 bridgehead atoms. The summed E-state index contributed by atoms with van der Waals surface area (Å²) in [6.45, 7) is 1.76. The number of benzene rings is 2. The van der Waals surface area contributed by atoms with Gasteiger partial charge in [0.2, 0.25) is 5.78 Å². The van der Waals surface area contributed by atoms with Crippen LogP contribution in [0.1, 0.15) is 21.5 Å². The largest absolute Gasteiger partial charge is 0.508 e. The van der Waals surface area contributed by atoms with Crippen molar-refractivity contribution in [2.75, 3.05) is 0 Å². The van der Waals surface area contributed by atoms with E-state index in [-0.39, 0.29) is 23.1 Å². The Morgan fingerprint density at radius 3 is 2.68 bits per heavy atom. The SMILES string of the molecule is Cc1cc2c(C3=Nc4ccccc4C3=O)c(O)[nH]c2cc1O. The first-order chi connectivity index (χ1) is 10.6. The second kappa shape index (κ2) is 4.21. The van der Waals surface area contributed by atoms with Crippen molar-refractivity contribution >= 4 is 28.1 Å². The summed E-state index contributed by atoms with van der Waals surface area (Å²) >= 11 is 0. The molecule has 22 heavy (non-hydrogen) atoms. The number of ketones is 1. The average Bonchev–Trinajstić information content (AvgIpc) is 2.97. The van der Waals surface area contributed by atoms with Crippen LogP contribution in [0.3, 0.4) is 0 Å². The molecule has 0 atom stereocenters. The number of aryl methyl sites for hydroxylation is 1. The molecule has 1 aromatic heterocycles. The Balaban J connectivity index is 1.99. The van der Waals surface area contributed by atoms with Crippen LogP contribution in [0.15, 0.2) is 41.4 Å². The number of H-pyrrole nitrogens is 1. The van der Waals surface area contributed by atoms with Crippen molar-refractivity contribution in [1.29, 1.82) is 0 Å². The molecule has 0 amide bonds. The summed E-state index contributed by atoms with van der Waals surface area (Å²) in [5.74, 6) is -0.208. The summed E-state index contributed by atoms with van der Waals surface area (Å²) in [5.41, 5.74) is 2.95. The summed E-state index contributed by atoms with van der Waals surface area (Å²) < 4.78 is 0. The van der Waals surface area contributed by atoms with Gasteiger partial charge in [-0.2, -0.15) is 0 Å². The molecule has 1 aliphatic rings. The van der Waals surface area contributed by atoms with Crippen LogP contribution in [0.2, 0.25) is 0 Å². The van der Waals surface area contributed by atoms with Gasteiger partial charge < -0.3 is 15.2 Å². The van der Waals surface area contributed by atoms with Crippen LogP contribution >= 0.6 is 0 Å². The van der Waals surface area contributed by atoms with E-state index in [1.54, 1.807) is 31.2 Å². The van der Waals surface area contributed by atoms with E-state index >= 15 is 0 Å². The van der Waals surface area contributed by atoms with Gasteiger partial charge in [0.05, 0.1) is 16.8 Å². The summed E-state index contributed by atoms with van der Waals surface area (Å²) in [5, 5.41) is 20.6. The molecule has 5 heteroatoms. The molecule has 108 valence electrons. The molecule has 0 spiro atoms. The maximum Gasteiger partial charge on any atom is 0.214 e. The van der Waals surface area contributed by atoms with Crippen molar-refractivity contribution in [1.82, 2.24) is 4.98 Å². The number of phenolic OH excluding ortho intramolecular Hbond substituents is 1.